The van der Waals surface area contributed by atoms with Gasteiger partial charge in [-0.15, -0.1) is 0 Å². The molecule has 130 valence electrons. The summed E-state index contributed by atoms with van der Waals surface area (Å²) < 4.78 is 0. The molecule has 1 heterocycles. The Hall–Kier alpha value is -2.57. The fraction of sp³-hybridized carbons (Fsp3) is 0.471. The highest BCUT2D eigenvalue weighted by atomic mass is 16.4. The van der Waals surface area contributed by atoms with Crippen LogP contribution in [0.25, 0.3) is 0 Å². The Morgan fingerprint density at radius 2 is 1.96 bits per heavy atom. The zero-order chi connectivity index (χ0) is 17.7. The van der Waals surface area contributed by atoms with Gasteiger partial charge in [0.05, 0.1) is 12.5 Å². The summed E-state index contributed by atoms with van der Waals surface area (Å²) in [5.41, 5.74) is 2.37. The third-order valence-corrected chi connectivity index (χ3v) is 4.20. The van der Waals surface area contributed by atoms with Gasteiger partial charge in [-0.2, -0.15) is 0 Å². The maximum absolute atomic E-state index is 12.2. The Morgan fingerprint density at radius 3 is 2.62 bits per heavy atom. The van der Waals surface area contributed by atoms with Gasteiger partial charge in [-0.1, -0.05) is 31.2 Å². The topological polar surface area (TPSA) is 90.0 Å². The zero-order valence-corrected chi connectivity index (χ0v) is 14.0. The first-order valence-corrected chi connectivity index (χ1v) is 7.94. The number of carbonyl (C=O) groups excluding carboxylic acids is 2. The number of hydrogen-bond acceptors (Lipinski definition) is 3. The van der Waals surface area contributed by atoms with Crippen LogP contribution in [0.2, 0.25) is 0 Å². The Kier molecular flexibility index (Phi) is 5.78. The minimum Gasteiger partial charge on any atom is -0.481 e. The van der Waals surface area contributed by atoms with E-state index in [1.54, 1.807) is 4.90 Å². The third-order valence-electron chi connectivity index (χ3n) is 4.20. The molecule has 0 aliphatic carbocycles. The monoisotopic (exact) mass is 333 g/mol. The molecule has 0 bridgehead atoms. The van der Waals surface area contributed by atoms with Crippen molar-refractivity contribution in [3.8, 4) is 0 Å². The molecule has 2 rings (SSSR count). The van der Waals surface area contributed by atoms with E-state index < -0.39 is 11.9 Å². The smallest absolute Gasteiger partial charge is 0.318 e. The van der Waals surface area contributed by atoms with Gasteiger partial charge in [0.15, 0.2) is 0 Å². The maximum atomic E-state index is 12.2. The number of urea groups is 1. The van der Waals surface area contributed by atoms with Gasteiger partial charge in [0.1, 0.15) is 0 Å². The van der Waals surface area contributed by atoms with Crippen LogP contribution in [0.4, 0.5) is 4.79 Å². The second-order valence-electron chi connectivity index (χ2n) is 6.11. The molecule has 1 atom stereocenters. The molecule has 1 aromatic rings. The van der Waals surface area contributed by atoms with Crippen LogP contribution in [0.5, 0.6) is 0 Å². The first-order valence-electron chi connectivity index (χ1n) is 7.94. The maximum Gasteiger partial charge on any atom is 0.318 e. The minimum atomic E-state index is -0.953. The van der Waals surface area contributed by atoms with Crippen LogP contribution in [-0.2, 0) is 22.6 Å². The van der Waals surface area contributed by atoms with E-state index in [2.05, 4.69) is 11.4 Å². The van der Waals surface area contributed by atoms with Crippen LogP contribution in [0.3, 0.4) is 0 Å². The molecular formula is C17H23N3O4. The normalized spacial score (nSPS) is 14.5. The van der Waals surface area contributed by atoms with Crippen LogP contribution < -0.4 is 5.32 Å². The van der Waals surface area contributed by atoms with E-state index in [1.807, 2.05) is 18.2 Å². The molecule has 24 heavy (non-hydrogen) atoms. The number of hydrogen-bond donors (Lipinski definition) is 2. The van der Waals surface area contributed by atoms with Crippen molar-refractivity contribution in [2.24, 2.45) is 5.92 Å². The van der Waals surface area contributed by atoms with Gasteiger partial charge in [-0.3, -0.25) is 9.59 Å². The number of carboxylic acid groups (broad SMARTS) is 1. The number of nitrogens with zero attached hydrogens (tertiary/aromatic N) is 2. The van der Waals surface area contributed by atoms with Gasteiger partial charge in [0.2, 0.25) is 5.91 Å². The zero-order valence-electron chi connectivity index (χ0n) is 14.0. The average molecular weight is 333 g/mol. The van der Waals surface area contributed by atoms with E-state index in [9.17, 15) is 14.4 Å². The summed E-state index contributed by atoms with van der Waals surface area (Å²) in [6, 6.07) is 7.72. The minimum absolute atomic E-state index is 0.112. The highest BCUT2D eigenvalue weighted by molar-refractivity contribution is 5.84. The number of fused-ring (bicyclic) bond motifs is 1. The first-order chi connectivity index (χ1) is 11.4. The number of amides is 3. The highest BCUT2D eigenvalue weighted by Crippen LogP contribution is 2.18. The Morgan fingerprint density at radius 1 is 1.29 bits per heavy atom. The summed E-state index contributed by atoms with van der Waals surface area (Å²) in [5.74, 6) is -1.91. The molecule has 0 fully saturated rings. The van der Waals surface area contributed by atoms with Crippen molar-refractivity contribution in [2.75, 3.05) is 26.7 Å². The van der Waals surface area contributed by atoms with Crippen molar-refractivity contribution in [3.63, 3.8) is 0 Å². The summed E-state index contributed by atoms with van der Waals surface area (Å²) in [7, 11) is 1.53. The van der Waals surface area contributed by atoms with E-state index in [-0.39, 0.29) is 25.0 Å². The van der Waals surface area contributed by atoms with Crippen molar-refractivity contribution in [2.45, 2.75) is 19.9 Å². The lowest BCUT2D eigenvalue weighted by Gasteiger charge is -2.29. The Labute approximate surface area is 141 Å². The van der Waals surface area contributed by atoms with Crippen molar-refractivity contribution < 1.29 is 19.5 Å². The van der Waals surface area contributed by atoms with E-state index in [0.717, 1.165) is 12.0 Å². The standard InChI is InChI=1S/C17H23N3O4/c1-12(16(22)23)10-19(2)15(21)9-18-17(24)20-8-7-13-5-3-4-6-14(13)11-20/h3-6,12H,7-11H2,1-2H3,(H,18,24)(H,22,23). The van der Waals surface area contributed by atoms with Crippen molar-refractivity contribution in [1.82, 2.24) is 15.1 Å². The lowest BCUT2D eigenvalue weighted by Crippen LogP contribution is -2.47. The Balaban J connectivity index is 1.81. The van der Waals surface area contributed by atoms with Gasteiger partial charge < -0.3 is 20.2 Å². The van der Waals surface area contributed by atoms with Crippen molar-refractivity contribution in [3.05, 3.63) is 35.4 Å². The molecule has 1 aliphatic rings. The SMILES string of the molecule is CC(CN(C)C(=O)CNC(=O)N1CCc2ccccc2C1)C(=O)O. The second-order valence-corrected chi connectivity index (χ2v) is 6.11. The average Bonchev–Trinajstić information content (AvgIpc) is 2.58. The number of carboxylic acids is 1. The summed E-state index contributed by atoms with van der Waals surface area (Å²) in [4.78, 5) is 38.0. The van der Waals surface area contributed by atoms with Gasteiger partial charge in [-0.25, -0.2) is 4.79 Å². The van der Waals surface area contributed by atoms with Gasteiger partial charge >= 0.3 is 12.0 Å². The molecule has 1 aromatic carbocycles. The quantitative estimate of drug-likeness (QED) is 0.839. The summed E-state index contributed by atoms with van der Waals surface area (Å²) in [5, 5.41) is 11.5. The van der Waals surface area contributed by atoms with E-state index in [4.69, 9.17) is 5.11 Å². The third kappa shape index (κ3) is 4.47. The van der Waals surface area contributed by atoms with Crippen molar-refractivity contribution >= 4 is 17.9 Å². The molecule has 0 saturated carbocycles. The van der Waals surface area contributed by atoms with Crippen LogP contribution in [-0.4, -0.2) is 59.5 Å². The van der Waals surface area contributed by atoms with E-state index >= 15 is 0 Å². The predicted octanol–water partition coefficient (Wildman–Crippen LogP) is 0.933. The van der Waals surface area contributed by atoms with Gasteiger partial charge in [-0.05, 0) is 17.5 Å². The number of benzene rings is 1. The lowest BCUT2D eigenvalue weighted by atomic mass is 10.0. The van der Waals surface area contributed by atoms with Crippen LogP contribution in [0, 0.1) is 5.92 Å². The molecule has 3 amide bonds. The van der Waals surface area contributed by atoms with Crippen LogP contribution >= 0.6 is 0 Å². The number of likely N-dealkylation sites (N-methyl/N-ethyl adjacent to an activating group) is 1. The summed E-state index contributed by atoms with van der Waals surface area (Å²) in [6.07, 6.45) is 0.799. The Bertz CT molecular complexity index is 632. The lowest BCUT2D eigenvalue weighted by molar-refractivity contribution is -0.142. The van der Waals surface area contributed by atoms with Gasteiger partial charge in [0, 0.05) is 26.7 Å². The number of nitrogens with one attached hydrogen (secondary N) is 1. The number of aliphatic carboxylic acids is 1. The van der Waals surface area contributed by atoms with Crippen LogP contribution in [0.1, 0.15) is 18.1 Å². The van der Waals surface area contributed by atoms with Crippen LogP contribution in [0.15, 0.2) is 24.3 Å². The molecular weight excluding hydrogens is 310 g/mol. The molecule has 7 nitrogen and oxygen atoms in total. The fourth-order valence-electron chi connectivity index (χ4n) is 2.66. The molecule has 0 saturated heterocycles. The van der Waals surface area contributed by atoms with Gasteiger partial charge in [0.25, 0.3) is 0 Å². The van der Waals surface area contributed by atoms with Crippen molar-refractivity contribution in [1.29, 1.82) is 0 Å². The predicted molar refractivity (Wildman–Crippen MR) is 88.4 cm³/mol. The molecule has 1 unspecified atom stereocenters. The second kappa shape index (κ2) is 7.81. The summed E-state index contributed by atoms with van der Waals surface area (Å²) in [6.45, 7) is 2.65. The number of carbonyl (C=O) groups is 3. The molecule has 0 radical (unpaired) electrons. The molecule has 7 heteroatoms. The molecule has 0 aromatic heterocycles. The summed E-state index contributed by atoms with van der Waals surface area (Å²) >= 11 is 0. The largest absolute Gasteiger partial charge is 0.481 e. The first kappa shape index (κ1) is 17.8. The molecule has 1 aliphatic heterocycles. The highest BCUT2D eigenvalue weighted by Gasteiger charge is 2.22. The molecule has 2 N–H and O–H groups in total. The fourth-order valence-corrected chi connectivity index (χ4v) is 2.66. The van der Waals surface area contributed by atoms with E-state index in [1.165, 1.54) is 24.4 Å². The van der Waals surface area contributed by atoms with E-state index in [0.29, 0.717) is 13.1 Å². The number of rotatable bonds is 5. The molecule has 0 spiro atoms.